The molecule has 16 heavy (non-hydrogen) atoms. The van der Waals surface area contributed by atoms with Crippen molar-refractivity contribution >= 4 is 8.32 Å². The summed E-state index contributed by atoms with van der Waals surface area (Å²) >= 11 is 0. The summed E-state index contributed by atoms with van der Waals surface area (Å²) in [6.45, 7) is 13.7. The van der Waals surface area contributed by atoms with Gasteiger partial charge in [0.15, 0.2) is 8.32 Å². The minimum absolute atomic E-state index is 0.162. The van der Waals surface area contributed by atoms with Crippen LogP contribution < -0.4 is 0 Å². The maximum atomic E-state index is 9.32. The molecule has 0 bridgehead atoms. The molecule has 0 aliphatic heterocycles. The van der Waals surface area contributed by atoms with Crippen LogP contribution in [0.15, 0.2) is 0 Å². The molecule has 0 aromatic carbocycles. The van der Waals surface area contributed by atoms with Gasteiger partial charge in [0.25, 0.3) is 0 Å². The molecule has 98 valence electrons. The molecule has 0 heterocycles. The second-order valence-corrected chi connectivity index (χ2v) is 11.1. The van der Waals surface area contributed by atoms with Gasteiger partial charge in [-0.1, -0.05) is 27.7 Å². The van der Waals surface area contributed by atoms with Crippen molar-refractivity contribution in [2.24, 2.45) is 5.92 Å². The average molecular weight is 248 g/mol. The number of aliphatic hydroxyl groups excluding tert-OH is 2. The van der Waals surface area contributed by atoms with Gasteiger partial charge in [-0.15, -0.1) is 0 Å². The van der Waals surface area contributed by atoms with E-state index in [9.17, 15) is 5.11 Å². The predicted octanol–water partition coefficient (Wildman–Crippen LogP) is 2.39. The smallest absolute Gasteiger partial charge is 0.191 e. The van der Waals surface area contributed by atoms with Crippen LogP contribution in [-0.2, 0) is 4.43 Å². The minimum atomic E-state index is -1.67. The molecule has 4 heteroatoms. The van der Waals surface area contributed by atoms with Crippen molar-refractivity contribution in [1.82, 2.24) is 0 Å². The summed E-state index contributed by atoms with van der Waals surface area (Å²) in [6.07, 6.45) is -0.0106. The molecule has 0 rings (SSSR count). The molecular formula is C12H28O3Si. The van der Waals surface area contributed by atoms with E-state index in [0.717, 1.165) is 0 Å². The molecule has 3 nitrogen and oxygen atoms in total. The maximum Gasteiger partial charge on any atom is 0.191 e. The predicted molar refractivity (Wildman–Crippen MR) is 70.0 cm³/mol. The third-order valence-electron chi connectivity index (χ3n) is 3.42. The molecule has 0 aliphatic carbocycles. The molecule has 0 aromatic heterocycles. The molecule has 2 N–H and O–H groups in total. The fourth-order valence-corrected chi connectivity index (χ4v) is 2.31. The van der Waals surface area contributed by atoms with Gasteiger partial charge in [-0.05, 0) is 30.5 Å². The van der Waals surface area contributed by atoms with Crippen molar-refractivity contribution in [3.8, 4) is 0 Å². The zero-order chi connectivity index (χ0) is 13.0. The SMILES string of the molecule is C[C@@H](CO[Si](C)(C)C(C)(C)C)C[C@@H](O)CO. The molecule has 2 atom stereocenters. The fraction of sp³-hybridized carbons (Fsp3) is 1.00. The average Bonchev–Trinajstić information content (AvgIpc) is 2.13. The third kappa shape index (κ3) is 5.43. The summed E-state index contributed by atoms with van der Waals surface area (Å²) in [5.74, 6) is 0.288. The molecule has 0 fully saturated rings. The van der Waals surface area contributed by atoms with E-state index in [-0.39, 0.29) is 17.6 Å². The van der Waals surface area contributed by atoms with Crippen molar-refractivity contribution in [2.45, 2.75) is 58.4 Å². The van der Waals surface area contributed by atoms with Crippen LogP contribution in [-0.4, -0.2) is 37.8 Å². The van der Waals surface area contributed by atoms with Crippen LogP contribution in [0.2, 0.25) is 18.1 Å². The Kier molecular flexibility index (Phi) is 6.18. The lowest BCUT2D eigenvalue weighted by Crippen LogP contribution is -2.42. The fourth-order valence-electron chi connectivity index (χ4n) is 1.17. The summed E-state index contributed by atoms with van der Waals surface area (Å²) in [6, 6.07) is 0. The highest BCUT2D eigenvalue weighted by Gasteiger charge is 2.37. The zero-order valence-electron chi connectivity index (χ0n) is 11.6. The van der Waals surface area contributed by atoms with Gasteiger partial charge in [-0.3, -0.25) is 0 Å². The summed E-state index contributed by atoms with van der Waals surface area (Å²) < 4.78 is 6.05. The van der Waals surface area contributed by atoms with E-state index in [2.05, 4.69) is 33.9 Å². The van der Waals surface area contributed by atoms with Crippen LogP contribution in [0.3, 0.4) is 0 Å². The Morgan fingerprint density at radius 1 is 1.25 bits per heavy atom. The molecule has 0 spiro atoms. The highest BCUT2D eigenvalue weighted by molar-refractivity contribution is 6.74. The topological polar surface area (TPSA) is 49.7 Å². The first kappa shape index (κ1) is 16.1. The van der Waals surface area contributed by atoms with E-state index < -0.39 is 14.4 Å². The van der Waals surface area contributed by atoms with Crippen LogP contribution in [0.25, 0.3) is 0 Å². The molecule has 0 saturated heterocycles. The van der Waals surface area contributed by atoms with Crippen LogP contribution in [0, 0.1) is 5.92 Å². The number of hydrogen-bond donors (Lipinski definition) is 2. The summed E-state index contributed by atoms with van der Waals surface area (Å²) in [4.78, 5) is 0. The van der Waals surface area contributed by atoms with Crippen LogP contribution in [0.5, 0.6) is 0 Å². The van der Waals surface area contributed by atoms with Crippen molar-refractivity contribution in [2.75, 3.05) is 13.2 Å². The molecular weight excluding hydrogens is 220 g/mol. The Morgan fingerprint density at radius 2 is 1.75 bits per heavy atom. The first-order chi connectivity index (χ1) is 7.10. The monoisotopic (exact) mass is 248 g/mol. The second-order valence-electron chi connectivity index (χ2n) is 6.25. The van der Waals surface area contributed by atoms with Crippen molar-refractivity contribution in [3.05, 3.63) is 0 Å². The lowest BCUT2D eigenvalue weighted by Gasteiger charge is -2.37. The van der Waals surface area contributed by atoms with Gasteiger partial charge < -0.3 is 14.6 Å². The van der Waals surface area contributed by atoms with Gasteiger partial charge in [0.1, 0.15) is 0 Å². The molecule has 0 saturated carbocycles. The Labute approximate surface area is 101 Å². The standard InChI is InChI=1S/C12H28O3Si/c1-10(7-11(14)8-13)9-15-16(5,6)12(2,3)4/h10-11,13-14H,7-9H2,1-6H3/t10-,11-/m1/s1. The Hall–Kier alpha value is 0.0969. The Morgan fingerprint density at radius 3 is 2.12 bits per heavy atom. The molecule has 0 aliphatic rings. The van der Waals surface area contributed by atoms with Crippen molar-refractivity contribution in [1.29, 1.82) is 0 Å². The van der Waals surface area contributed by atoms with Crippen LogP contribution in [0.1, 0.15) is 34.1 Å². The van der Waals surface area contributed by atoms with Gasteiger partial charge in [-0.25, -0.2) is 0 Å². The lowest BCUT2D eigenvalue weighted by atomic mass is 10.1. The molecule has 0 unspecified atom stereocenters. The van der Waals surface area contributed by atoms with Gasteiger partial charge in [-0.2, -0.15) is 0 Å². The highest BCUT2D eigenvalue weighted by Crippen LogP contribution is 2.36. The van der Waals surface area contributed by atoms with E-state index >= 15 is 0 Å². The summed E-state index contributed by atoms with van der Waals surface area (Å²) in [7, 11) is -1.67. The van der Waals surface area contributed by atoms with E-state index in [4.69, 9.17) is 9.53 Å². The van der Waals surface area contributed by atoms with Crippen molar-refractivity contribution < 1.29 is 14.6 Å². The van der Waals surface area contributed by atoms with E-state index in [1.807, 2.05) is 6.92 Å². The van der Waals surface area contributed by atoms with Gasteiger partial charge >= 0.3 is 0 Å². The van der Waals surface area contributed by atoms with Crippen molar-refractivity contribution in [3.63, 3.8) is 0 Å². The molecule has 0 amide bonds. The van der Waals surface area contributed by atoms with Crippen LogP contribution >= 0.6 is 0 Å². The van der Waals surface area contributed by atoms with Gasteiger partial charge in [0.2, 0.25) is 0 Å². The number of hydrogen-bond acceptors (Lipinski definition) is 3. The minimum Gasteiger partial charge on any atom is -0.417 e. The van der Waals surface area contributed by atoms with E-state index in [1.54, 1.807) is 0 Å². The first-order valence-corrected chi connectivity index (χ1v) is 8.94. The van der Waals surface area contributed by atoms with Gasteiger partial charge in [0, 0.05) is 6.61 Å². The second kappa shape index (κ2) is 6.14. The first-order valence-electron chi connectivity index (χ1n) is 6.03. The number of rotatable bonds is 6. The largest absolute Gasteiger partial charge is 0.417 e. The lowest BCUT2D eigenvalue weighted by molar-refractivity contribution is 0.0671. The van der Waals surface area contributed by atoms with Crippen LogP contribution in [0.4, 0.5) is 0 Å². The quantitative estimate of drug-likeness (QED) is 0.710. The Balaban J connectivity index is 4.05. The molecule has 0 aromatic rings. The van der Waals surface area contributed by atoms with Gasteiger partial charge in [0.05, 0.1) is 12.7 Å². The van der Waals surface area contributed by atoms with E-state index in [0.29, 0.717) is 13.0 Å². The molecule has 0 radical (unpaired) electrons. The summed E-state index contributed by atoms with van der Waals surface area (Å²) in [5.41, 5.74) is 0. The van der Waals surface area contributed by atoms with E-state index in [1.165, 1.54) is 0 Å². The number of aliphatic hydroxyl groups is 2. The summed E-state index contributed by atoms with van der Waals surface area (Å²) in [5, 5.41) is 18.3. The Bertz CT molecular complexity index is 199. The highest BCUT2D eigenvalue weighted by atomic mass is 28.4. The zero-order valence-corrected chi connectivity index (χ0v) is 12.6. The third-order valence-corrected chi connectivity index (χ3v) is 7.92. The normalized spacial score (nSPS) is 17.2. The maximum absolute atomic E-state index is 9.32.